The molecular formula is C11H15N5. The third-order valence-electron chi connectivity index (χ3n) is 2.61. The largest absolute Gasteiger partial charge is 0.324 e. The fourth-order valence-electron chi connectivity index (χ4n) is 1.81. The van der Waals surface area contributed by atoms with Crippen LogP contribution in [0.15, 0.2) is 30.3 Å². The molecule has 5 heteroatoms. The summed E-state index contributed by atoms with van der Waals surface area (Å²) in [6, 6.07) is 10.4. The van der Waals surface area contributed by atoms with E-state index in [0.29, 0.717) is 6.54 Å². The minimum absolute atomic E-state index is 0.162. The van der Waals surface area contributed by atoms with Crippen LogP contribution in [0.25, 0.3) is 0 Å². The summed E-state index contributed by atoms with van der Waals surface area (Å²) in [5.74, 6) is 0.718. The molecule has 0 bridgehead atoms. The highest BCUT2D eigenvalue weighted by Crippen LogP contribution is 2.21. The molecule has 5 nitrogen and oxygen atoms in total. The van der Waals surface area contributed by atoms with Gasteiger partial charge in [-0.3, -0.25) is 0 Å². The third kappa shape index (κ3) is 1.94. The van der Waals surface area contributed by atoms with Crippen molar-refractivity contribution < 1.29 is 0 Å². The Bertz CT molecular complexity index is 437. The number of tetrazole rings is 1. The van der Waals surface area contributed by atoms with E-state index in [1.165, 1.54) is 5.56 Å². The summed E-state index contributed by atoms with van der Waals surface area (Å²) in [7, 11) is 0. The second kappa shape index (κ2) is 4.85. The molecule has 1 atom stereocenters. The van der Waals surface area contributed by atoms with E-state index >= 15 is 0 Å². The second-order valence-electron chi connectivity index (χ2n) is 3.58. The molecule has 0 aliphatic rings. The van der Waals surface area contributed by atoms with Crippen LogP contribution in [-0.4, -0.2) is 20.2 Å². The standard InChI is InChI=1S/C11H15N5/c1-2-10(9-6-4-3-5-7-9)16-11(8-12)13-14-15-16/h3-7,10H,2,8,12H2,1H3. The Hall–Kier alpha value is -1.75. The van der Waals surface area contributed by atoms with Gasteiger partial charge in [0.05, 0.1) is 12.6 Å². The predicted octanol–water partition coefficient (Wildman–Crippen LogP) is 1.13. The highest BCUT2D eigenvalue weighted by atomic mass is 15.6. The first-order chi connectivity index (χ1) is 7.86. The van der Waals surface area contributed by atoms with Crippen LogP contribution in [0.2, 0.25) is 0 Å². The molecular weight excluding hydrogens is 202 g/mol. The van der Waals surface area contributed by atoms with E-state index < -0.39 is 0 Å². The van der Waals surface area contributed by atoms with Crippen molar-refractivity contribution in [1.82, 2.24) is 20.2 Å². The Kier molecular flexibility index (Phi) is 3.26. The number of nitrogens with two attached hydrogens (primary N) is 1. The molecule has 0 amide bonds. The van der Waals surface area contributed by atoms with Gasteiger partial charge in [-0.15, -0.1) is 5.10 Å². The van der Waals surface area contributed by atoms with Gasteiger partial charge in [-0.05, 0) is 22.4 Å². The lowest BCUT2D eigenvalue weighted by Gasteiger charge is -2.16. The SMILES string of the molecule is CCC(c1ccccc1)n1nnnc1CN. The Labute approximate surface area is 94.3 Å². The van der Waals surface area contributed by atoms with E-state index in [-0.39, 0.29) is 6.04 Å². The van der Waals surface area contributed by atoms with Gasteiger partial charge in [0.15, 0.2) is 5.82 Å². The van der Waals surface area contributed by atoms with Crippen molar-refractivity contribution in [2.75, 3.05) is 0 Å². The monoisotopic (exact) mass is 217 g/mol. The molecule has 2 rings (SSSR count). The number of aromatic nitrogens is 4. The van der Waals surface area contributed by atoms with Crippen molar-refractivity contribution in [2.45, 2.75) is 25.9 Å². The Balaban J connectivity index is 2.37. The van der Waals surface area contributed by atoms with Crippen LogP contribution in [0.4, 0.5) is 0 Å². The minimum Gasteiger partial charge on any atom is -0.324 e. The number of rotatable bonds is 4. The van der Waals surface area contributed by atoms with Gasteiger partial charge in [0.2, 0.25) is 0 Å². The first-order valence-electron chi connectivity index (χ1n) is 5.38. The van der Waals surface area contributed by atoms with Crippen molar-refractivity contribution in [3.05, 3.63) is 41.7 Å². The zero-order chi connectivity index (χ0) is 11.4. The lowest BCUT2D eigenvalue weighted by Crippen LogP contribution is -2.16. The van der Waals surface area contributed by atoms with Gasteiger partial charge >= 0.3 is 0 Å². The average Bonchev–Trinajstić information content (AvgIpc) is 2.80. The van der Waals surface area contributed by atoms with Crippen LogP contribution in [0, 0.1) is 0 Å². The van der Waals surface area contributed by atoms with Crippen LogP contribution in [0.3, 0.4) is 0 Å². The summed E-state index contributed by atoms with van der Waals surface area (Å²) in [5, 5.41) is 11.6. The summed E-state index contributed by atoms with van der Waals surface area (Å²) in [6.07, 6.45) is 0.933. The molecule has 0 radical (unpaired) electrons. The van der Waals surface area contributed by atoms with Gasteiger partial charge in [-0.1, -0.05) is 37.3 Å². The Morgan fingerprint density at radius 2 is 2.06 bits per heavy atom. The smallest absolute Gasteiger partial charge is 0.165 e. The first-order valence-corrected chi connectivity index (χ1v) is 5.38. The van der Waals surface area contributed by atoms with E-state index in [2.05, 4.69) is 34.6 Å². The van der Waals surface area contributed by atoms with Gasteiger partial charge in [0.1, 0.15) is 0 Å². The Morgan fingerprint density at radius 1 is 1.31 bits per heavy atom. The molecule has 84 valence electrons. The highest BCUT2D eigenvalue weighted by molar-refractivity contribution is 5.19. The van der Waals surface area contributed by atoms with Gasteiger partial charge in [0, 0.05) is 0 Å². The zero-order valence-corrected chi connectivity index (χ0v) is 9.24. The van der Waals surface area contributed by atoms with E-state index in [1.54, 1.807) is 4.68 Å². The van der Waals surface area contributed by atoms with Crippen molar-refractivity contribution >= 4 is 0 Å². The fraction of sp³-hybridized carbons (Fsp3) is 0.364. The van der Waals surface area contributed by atoms with E-state index in [1.807, 2.05) is 18.2 Å². The van der Waals surface area contributed by atoms with Gasteiger partial charge in [-0.25, -0.2) is 4.68 Å². The molecule has 0 spiro atoms. The Morgan fingerprint density at radius 3 is 2.69 bits per heavy atom. The molecule has 16 heavy (non-hydrogen) atoms. The third-order valence-corrected chi connectivity index (χ3v) is 2.61. The topological polar surface area (TPSA) is 69.6 Å². The molecule has 1 heterocycles. The van der Waals surface area contributed by atoms with Crippen molar-refractivity contribution in [1.29, 1.82) is 0 Å². The van der Waals surface area contributed by atoms with Gasteiger partial charge in [0.25, 0.3) is 0 Å². The molecule has 2 aromatic rings. The molecule has 0 aliphatic heterocycles. The van der Waals surface area contributed by atoms with E-state index in [4.69, 9.17) is 5.73 Å². The second-order valence-corrected chi connectivity index (χ2v) is 3.58. The summed E-state index contributed by atoms with van der Waals surface area (Å²) in [6.45, 7) is 2.47. The lowest BCUT2D eigenvalue weighted by atomic mass is 10.1. The number of hydrogen-bond acceptors (Lipinski definition) is 4. The molecule has 2 N–H and O–H groups in total. The number of nitrogens with zero attached hydrogens (tertiary/aromatic N) is 4. The highest BCUT2D eigenvalue weighted by Gasteiger charge is 2.16. The zero-order valence-electron chi connectivity index (χ0n) is 9.24. The van der Waals surface area contributed by atoms with Crippen molar-refractivity contribution in [2.24, 2.45) is 5.73 Å². The van der Waals surface area contributed by atoms with Crippen LogP contribution in [0.1, 0.15) is 30.8 Å². The maximum absolute atomic E-state index is 5.60. The molecule has 0 saturated heterocycles. The lowest BCUT2D eigenvalue weighted by molar-refractivity contribution is 0.476. The molecule has 0 saturated carbocycles. The van der Waals surface area contributed by atoms with Crippen molar-refractivity contribution in [3.8, 4) is 0 Å². The molecule has 0 aliphatic carbocycles. The number of benzene rings is 1. The molecule has 0 fully saturated rings. The minimum atomic E-state index is 0.162. The first kappa shape index (κ1) is 10.8. The molecule has 1 aromatic carbocycles. The summed E-state index contributed by atoms with van der Waals surface area (Å²) >= 11 is 0. The summed E-state index contributed by atoms with van der Waals surface area (Å²) < 4.78 is 1.80. The van der Waals surface area contributed by atoms with Crippen molar-refractivity contribution in [3.63, 3.8) is 0 Å². The normalized spacial score (nSPS) is 12.6. The summed E-state index contributed by atoms with van der Waals surface area (Å²) in [5.41, 5.74) is 6.80. The number of hydrogen-bond donors (Lipinski definition) is 1. The fourth-order valence-corrected chi connectivity index (χ4v) is 1.81. The van der Waals surface area contributed by atoms with Gasteiger partial charge in [-0.2, -0.15) is 0 Å². The van der Waals surface area contributed by atoms with Gasteiger partial charge < -0.3 is 5.73 Å². The summed E-state index contributed by atoms with van der Waals surface area (Å²) in [4.78, 5) is 0. The van der Waals surface area contributed by atoms with Crippen LogP contribution in [-0.2, 0) is 6.54 Å². The maximum atomic E-state index is 5.60. The van der Waals surface area contributed by atoms with Crippen LogP contribution < -0.4 is 5.73 Å². The predicted molar refractivity (Wildman–Crippen MR) is 60.6 cm³/mol. The van der Waals surface area contributed by atoms with Crippen LogP contribution in [0.5, 0.6) is 0 Å². The average molecular weight is 217 g/mol. The van der Waals surface area contributed by atoms with E-state index in [9.17, 15) is 0 Å². The molecule has 1 unspecified atom stereocenters. The quantitative estimate of drug-likeness (QED) is 0.833. The molecule has 1 aromatic heterocycles. The van der Waals surface area contributed by atoms with Crippen LogP contribution >= 0.6 is 0 Å². The maximum Gasteiger partial charge on any atom is 0.165 e. The van der Waals surface area contributed by atoms with E-state index in [0.717, 1.165) is 12.2 Å².